The molecule has 0 aliphatic carbocycles. The molecule has 1 aromatic heterocycles. The highest BCUT2D eigenvalue weighted by atomic mass is 79.9. The van der Waals surface area contributed by atoms with Crippen molar-refractivity contribution < 1.29 is 5.11 Å². The number of aryl methyl sites for hydroxylation is 1. The van der Waals surface area contributed by atoms with E-state index >= 15 is 0 Å². The van der Waals surface area contributed by atoms with Crippen LogP contribution < -0.4 is 10.6 Å². The van der Waals surface area contributed by atoms with E-state index in [1.54, 1.807) is 0 Å². The molecule has 0 atom stereocenters. The normalized spacial score (nSPS) is 17.2. The Labute approximate surface area is 121 Å². The predicted octanol–water partition coefficient (Wildman–Crippen LogP) is 0.973. The Bertz CT molecular complexity index is 607. The van der Waals surface area contributed by atoms with Gasteiger partial charge in [-0.05, 0) is 36.2 Å². The van der Waals surface area contributed by atoms with E-state index in [-0.39, 0.29) is 6.10 Å². The van der Waals surface area contributed by atoms with Crippen molar-refractivity contribution in [2.75, 3.05) is 13.1 Å². The van der Waals surface area contributed by atoms with Crippen LogP contribution in [-0.2, 0) is 6.42 Å². The Morgan fingerprint density at radius 1 is 1.53 bits per heavy atom. The van der Waals surface area contributed by atoms with E-state index in [1.165, 1.54) is 0 Å². The van der Waals surface area contributed by atoms with E-state index in [9.17, 15) is 5.11 Å². The molecular formula is C14H20BrN3O. The minimum absolute atomic E-state index is 0.251. The third kappa shape index (κ3) is 2.77. The molecule has 0 amide bonds. The van der Waals surface area contributed by atoms with Crippen LogP contribution in [0.25, 0.3) is 12.4 Å². The van der Waals surface area contributed by atoms with Crippen molar-refractivity contribution in [3.63, 3.8) is 0 Å². The minimum Gasteiger partial charge on any atom is -0.389 e. The molecule has 0 aromatic carbocycles. The molecule has 0 spiro atoms. The summed E-state index contributed by atoms with van der Waals surface area (Å²) in [6.45, 7) is 11.4. The van der Waals surface area contributed by atoms with E-state index in [2.05, 4.69) is 44.3 Å². The molecule has 0 unspecified atom stereocenters. The molecule has 1 aromatic rings. The number of nitrogens with one attached hydrogen (secondary N) is 1. The zero-order chi connectivity index (χ0) is 14.2. The van der Waals surface area contributed by atoms with E-state index < -0.39 is 0 Å². The van der Waals surface area contributed by atoms with Gasteiger partial charge in [-0.15, -0.1) is 0 Å². The van der Waals surface area contributed by atoms with E-state index in [0.29, 0.717) is 13.1 Å². The highest BCUT2D eigenvalue weighted by Gasteiger charge is 2.27. The summed E-state index contributed by atoms with van der Waals surface area (Å²) in [4.78, 5) is 10.0. The van der Waals surface area contributed by atoms with E-state index in [4.69, 9.17) is 0 Å². The molecule has 4 nitrogen and oxygen atoms in total. The lowest BCUT2D eigenvalue weighted by Gasteiger charge is -2.37. The van der Waals surface area contributed by atoms with E-state index in [1.807, 2.05) is 13.8 Å². The Morgan fingerprint density at radius 2 is 2.16 bits per heavy atom. The number of aliphatic imine (C=N–C) groups is 1. The van der Waals surface area contributed by atoms with Crippen molar-refractivity contribution in [1.82, 2.24) is 9.88 Å². The maximum Gasteiger partial charge on any atom is 0.139 e. The summed E-state index contributed by atoms with van der Waals surface area (Å²) in [5.74, 6) is 0.887. The summed E-state index contributed by atoms with van der Waals surface area (Å²) in [7, 11) is 0. The van der Waals surface area contributed by atoms with Crippen molar-refractivity contribution in [1.29, 1.82) is 0 Å². The van der Waals surface area contributed by atoms with Gasteiger partial charge in [0.25, 0.3) is 0 Å². The average Bonchev–Trinajstić information content (AvgIpc) is 2.57. The number of H-pyrrole nitrogens is 1. The van der Waals surface area contributed by atoms with Crippen LogP contribution in [0.5, 0.6) is 0 Å². The Balaban J connectivity index is 2.65. The van der Waals surface area contributed by atoms with Gasteiger partial charge in [0.05, 0.1) is 11.3 Å². The number of aromatic nitrogens is 1. The number of likely N-dealkylation sites (tertiary alicyclic amines) is 1. The fourth-order valence-electron chi connectivity index (χ4n) is 2.18. The molecule has 1 fully saturated rings. The first-order chi connectivity index (χ1) is 8.93. The van der Waals surface area contributed by atoms with Crippen LogP contribution >= 0.6 is 15.9 Å². The molecule has 2 rings (SSSR count). The standard InChI is InChI=1S/C14H20BrN3O/c1-5-11-13(15)12(9(4)17-11)14(16-8(2)3)18-6-10(19)7-18/h10,17,19H,4-7H2,1-3H3/b14-12-. The van der Waals surface area contributed by atoms with E-state index in [0.717, 1.165) is 38.7 Å². The topological polar surface area (TPSA) is 51.6 Å². The Kier molecular flexibility index (Phi) is 4.16. The molecule has 104 valence electrons. The number of β-amino-alcohol motifs (C(OH)–C–C–N with tert-alkyl or cyclic N) is 1. The third-order valence-electron chi connectivity index (χ3n) is 3.16. The molecule has 0 bridgehead atoms. The summed E-state index contributed by atoms with van der Waals surface area (Å²) < 4.78 is 1.03. The van der Waals surface area contributed by atoms with Crippen LogP contribution in [0.2, 0.25) is 0 Å². The average molecular weight is 326 g/mol. The largest absolute Gasteiger partial charge is 0.389 e. The molecule has 0 saturated carbocycles. The second-order valence-electron chi connectivity index (χ2n) is 5.07. The lowest BCUT2D eigenvalue weighted by molar-refractivity contribution is 0.0382. The number of aromatic amines is 1. The van der Waals surface area contributed by atoms with Gasteiger partial charge >= 0.3 is 0 Å². The van der Waals surface area contributed by atoms with Gasteiger partial charge in [0.1, 0.15) is 5.82 Å². The van der Waals surface area contributed by atoms with Gasteiger partial charge in [-0.25, -0.2) is 4.99 Å². The molecule has 5 heteroatoms. The van der Waals surface area contributed by atoms with Crippen LogP contribution in [0.4, 0.5) is 0 Å². The highest BCUT2D eigenvalue weighted by Crippen LogP contribution is 2.18. The van der Waals surface area contributed by atoms with Crippen LogP contribution in [-0.4, -0.2) is 39.9 Å². The van der Waals surface area contributed by atoms with Crippen molar-refractivity contribution in [2.24, 2.45) is 4.99 Å². The van der Waals surface area contributed by atoms with Crippen molar-refractivity contribution >= 4 is 34.0 Å². The summed E-state index contributed by atoms with van der Waals surface area (Å²) in [5.41, 5.74) is 2.12. The van der Waals surface area contributed by atoms with Gasteiger partial charge in [0.15, 0.2) is 0 Å². The number of halogens is 1. The van der Waals surface area contributed by atoms with Gasteiger partial charge < -0.3 is 15.0 Å². The minimum atomic E-state index is -0.251. The molecular weight excluding hydrogens is 306 g/mol. The maximum atomic E-state index is 9.50. The first kappa shape index (κ1) is 14.3. The van der Waals surface area contributed by atoms with Crippen LogP contribution in [0.3, 0.4) is 0 Å². The number of aliphatic hydroxyl groups is 1. The molecule has 2 N–H and O–H groups in total. The monoisotopic (exact) mass is 325 g/mol. The molecule has 0 radical (unpaired) electrons. The van der Waals surface area contributed by atoms with Gasteiger partial charge in [-0.2, -0.15) is 0 Å². The van der Waals surface area contributed by atoms with Gasteiger partial charge in [-0.1, -0.05) is 13.5 Å². The maximum absolute atomic E-state index is 9.50. The summed E-state index contributed by atoms with van der Waals surface area (Å²) in [6, 6.07) is 0. The Morgan fingerprint density at radius 3 is 2.58 bits per heavy atom. The lowest BCUT2D eigenvalue weighted by Crippen LogP contribution is -2.51. The molecule has 2 heterocycles. The number of nitrogens with zero attached hydrogens (tertiary/aromatic N) is 2. The first-order valence-corrected chi connectivity index (χ1v) is 7.27. The molecule has 1 aliphatic rings. The van der Waals surface area contributed by atoms with Crippen molar-refractivity contribution in [3.05, 3.63) is 20.7 Å². The number of aliphatic hydroxyl groups excluding tert-OH is 1. The second kappa shape index (κ2) is 5.51. The Hall–Kier alpha value is -1.07. The number of rotatable bonds is 3. The van der Waals surface area contributed by atoms with Crippen LogP contribution in [0, 0.1) is 0 Å². The van der Waals surface area contributed by atoms with Gasteiger partial charge in [-0.3, -0.25) is 0 Å². The van der Waals surface area contributed by atoms with Gasteiger partial charge in [0.2, 0.25) is 0 Å². The smallest absolute Gasteiger partial charge is 0.139 e. The molecule has 19 heavy (non-hydrogen) atoms. The number of hydrogen-bond acceptors (Lipinski definition) is 3. The lowest BCUT2D eigenvalue weighted by atomic mass is 10.1. The van der Waals surface area contributed by atoms with Crippen LogP contribution in [0.15, 0.2) is 9.47 Å². The highest BCUT2D eigenvalue weighted by molar-refractivity contribution is 9.10. The molecule has 1 aliphatic heterocycles. The second-order valence-corrected chi connectivity index (χ2v) is 5.86. The summed E-state index contributed by atoms with van der Waals surface area (Å²) >= 11 is 3.64. The zero-order valence-electron chi connectivity index (χ0n) is 11.6. The van der Waals surface area contributed by atoms with Crippen molar-refractivity contribution in [2.45, 2.75) is 33.3 Å². The van der Waals surface area contributed by atoms with Crippen molar-refractivity contribution in [3.8, 4) is 0 Å². The number of hydrogen-bond donors (Lipinski definition) is 2. The third-order valence-corrected chi connectivity index (χ3v) is 4.03. The van der Waals surface area contributed by atoms with Gasteiger partial charge in [0, 0.05) is 34.3 Å². The zero-order valence-corrected chi connectivity index (χ0v) is 13.2. The first-order valence-electron chi connectivity index (χ1n) is 6.48. The SMILES string of the molecule is C=c1[nH]c(CC)c(Br)/c1=C(/N=C(C)C)N1CC(O)C1. The van der Waals surface area contributed by atoms with Crippen LogP contribution in [0.1, 0.15) is 26.5 Å². The molecule has 1 saturated heterocycles. The quantitative estimate of drug-likeness (QED) is 0.814. The summed E-state index contributed by atoms with van der Waals surface area (Å²) in [6.07, 6.45) is 0.660. The fraction of sp³-hybridized carbons (Fsp3) is 0.500. The summed E-state index contributed by atoms with van der Waals surface area (Å²) in [5, 5.41) is 11.4. The predicted molar refractivity (Wildman–Crippen MR) is 82.4 cm³/mol. The fourth-order valence-corrected chi connectivity index (χ4v) is 2.98.